The molecule has 0 atom stereocenters. The maximum Gasteiger partial charge on any atom is 0.420 e. The Kier molecular flexibility index (Phi) is 4.04. The molecular formula is C18H15NO5. The van der Waals surface area contributed by atoms with Gasteiger partial charge < -0.3 is 9.15 Å². The molecule has 1 heterocycles. The second-order valence-corrected chi connectivity index (χ2v) is 5.35. The van der Waals surface area contributed by atoms with E-state index < -0.39 is 5.76 Å². The number of rotatable bonds is 5. The molecule has 0 N–H and O–H groups in total. The van der Waals surface area contributed by atoms with Crippen LogP contribution in [0, 0.1) is 0 Å². The van der Waals surface area contributed by atoms with Gasteiger partial charge in [0.2, 0.25) is 0 Å². The summed E-state index contributed by atoms with van der Waals surface area (Å²) in [6.07, 6.45) is 0. The third-order valence-electron chi connectivity index (χ3n) is 3.77. The minimum atomic E-state index is -0.637. The monoisotopic (exact) mass is 325 g/mol. The molecule has 0 aliphatic carbocycles. The van der Waals surface area contributed by atoms with Crippen LogP contribution in [0.5, 0.6) is 5.75 Å². The van der Waals surface area contributed by atoms with Gasteiger partial charge in [0, 0.05) is 11.1 Å². The van der Waals surface area contributed by atoms with Gasteiger partial charge in [-0.15, -0.1) is 0 Å². The van der Waals surface area contributed by atoms with Gasteiger partial charge in [-0.3, -0.25) is 14.2 Å². The number of carbonyl (C=O) groups is 2. The highest BCUT2D eigenvalue weighted by Gasteiger charge is 2.15. The number of benzene rings is 2. The first-order valence-corrected chi connectivity index (χ1v) is 7.31. The van der Waals surface area contributed by atoms with E-state index in [1.807, 2.05) is 0 Å². The predicted octanol–water partition coefficient (Wildman–Crippen LogP) is 2.69. The number of nitrogens with zero attached hydrogens (tertiary/aromatic N) is 1. The minimum Gasteiger partial charge on any atom is -0.497 e. The molecule has 0 saturated carbocycles. The van der Waals surface area contributed by atoms with Gasteiger partial charge in [0.25, 0.3) is 0 Å². The molecule has 0 spiro atoms. The van der Waals surface area contributed by atoms with Crippen LogP contribution in [0.2, 0.25) is 0 Å². The van der Waals surface area contributed by atoms with E-state index in [2.05, 4.69) is 0 Å². The summed E-state index contributed by atoms with van der Waals surface area (Å²) >= 11 is 0. The highest BCUT2D eigenvalue weighted by atomic mass is 16.5. The van der Waals surface area contributed by atoms with Crippen LogP contribution in [0.25, 0.3) is 11.1 Å². The Bertz CT molecular complexity index is 996. The van der Waals surface area contributed by atoms with Gasteiger partial charge in [-0.1, -0.05) is 12.1 Å². The van der Waals surface area contributed by atoms with Crippen LogP contribution in [-0.2, 0) is 6.54 Å². The number of methoxy groups -OCH3 is 1. The van der Waals surface area contributed by atoms with Crippen LogP contribution in [0.3, 0.4) is 0 Å². The Morgan fingerprint density at radius 1 is 1.12 bits per heavy atom. The molecule has 0 amide bonds. The summed E-state index contributed by atoms with van der Waals surface area (Å²) in [5.41, 5.74) is 1.64. The van der Waals surface area contributed by atoms with Crippen molar-refractivity contribution in [2.45, 2.75) is 13.5 Å². The third-order valence-corrected chi connectivity index (χ3v) is 3.77. The molecule has 0 aliphatic rings. The average Bonchev–Trinajstić information content (AvgIpc) is 2.89. The minimum absolute atomic E-state index is 0.125. The molecule has 0 unspecified atom stereocenters. The lowest BCUT2D eigenvalue weighted by Gasteiger charge is -2.05. The van der Waals surface area contributed by atoms with Crippen LogP contribution in [0.15, 0.2) is 51.7 Å². The fourth-order valence-electron chi connectivity index (χ4n) is 2.47. The highest BCUT2D eigenvalue weighted by molar-refractivity contribution is 5.98. The first-order valence-electron chi connectivity index (χ1n) is 7.31. The Hall–Kier alpha value is -3.15. The Balaban J connectivity index is 1.97. The van der Waals surface area contributed by atoms with Crippen LogP contribution < -0.4 is 10.5 Å². The number of oxazole rings is 1. The number of carbonyl (C=O) groups excluding carboxylic acids is 2. The molecule has 0 aliphatic heterocycles. The van der Waals surface area contributed by atoms with Crippen molar-refractivity contribution in [2.24, 2.45) is 0 Å². The molecule has 24 heavy (non-hydrogen) atoms. The van der Waals surface area contributed by atoms with Gasteiger partial charge in [0.05, 0.1) is 19.2 Å². The number of fused-ring (bicyclic) bond motifs is 1. The van der Waals surface area contributed by atoms with Gasteiger partial charge in [-0.05, 0) is 37.3 Å². The van der Waals surface area contributed by atoms with Crippen molar-refractivity contribution in [1.29, 1.82) is 0 Å². The summed E-state index contributed by atoms with van der Waals surface area (Å²) in [4.78, 5) is 35.9. The topological polar surface area (TPSA) is 78.5 Å². The lowest BCUT2D eigenvalue weighted by Crippen LogP contribution is -2.20. The fourth-order valence-corrected chi connectivity index (χ4v) is 2.47. The molecular weight excluding hydrogens is 310 g/mol. The van der Waals surface area contributed by atoms with E-state index >= 15 is 0 Å². The number of aromatic nitrogens is 1. The summed E-state index contributed by atoms with van der Waals surface area (Å²) in [5.74, 6) is -0.438. The van der Waals surface area contributed by atoms with Gasteiger partial charge in [-0.2, -0.15) is 0 Å². The Morgan fingerprint density at radius 3 is 2.62 bits per heavy atom. The van der Waals surface area contributed by atoms with Crippen molar-refractivity contribution in [2.75, 3.05) is 7.11 Å². The smallest absolute Gasteiger partial charge is 0.420 e. The van der Waals surface area contributed by atoms with E-state index in [1.165, 1.54) is 24.7 Å². The molecule has 2 aromatic carbocycles. The molecule has 0 fully saturated rings. The summed E-state index contributed by atoms with van der Waals surface area (Å²) in [6.45, 7) is 1.28. The Labute approximate surface area is 137 Å². The maximum atomic E-state index is 12.4. The molecule has 1 aromatic heterocycles. The summed E-state index contributed by atoms with van der Waals surface area (Å²) in [6, 6.07) is 11.4. The first-order chi connectivity index (χ1) is 11.5. The van der Waals surface area contributed by atoms with Gasteiger partial charge in [0.1, 0.15) is 5.75 Å². The molecule has 0 saturated heterocycles. The first kappa shape index (κ1) is 15.7. The second kappa shape index (κ2) is 6.16. The zero-order valence-corrected chi connectivity index (χ0v) is 13.2. The van der Waals surface area contributed by atoms with E-state index in [-0.39, 0.29) is 23.7 Å². The third kappa shape index (κ3) is 2.86. The lowest BCUT2D eigenvalue weighted by molar-refractivity contribution is 0.0969. The highest BCUT2D eigenvalue weighted by Crippen LogP contribution is 2.17. The molecule has 3 aromatic rings. The van der Waals surface area contributed by atoms with E-state index in [0.29, 0.717) is 22.4 Å². The standard InChI is InChI=1S/C18H15NO5/c1-11(20)12-6-7-15-17(9-12)24-18(22)19(15)10-16(21)13-4-3-5-14(8-13)23-2/h3-9H,10H2,1-2H3. The summed E-state index contributed by atoms with van der Waals surface area (Å²) < 4.78 is 11.5. The normalized spacial score (nSPS) is 10.8. The number of hydrogen-bond acceptors (Lipinski definition) is 5. The molecule has 6 nitrogen and oxygen atoms in total. The second-order valence-electron chi connectivity index (χ2n) is 5.35. The number of ketones is 2. The van der Waals surface area contributed by atoms with Crippen LogP contribution in [0.1, 0.15) is 27.6 Å². The largest absolute Gasteiger partial charge is 0.497 e. The van der Waals surface area contributed by atoms with Gasteiger partial charge >= 0.3 is 5.76 Å². The van der Waals surface area contributed by atoms with Crippen molar-refractivity contribution in [3.8, 4) is 5.75 Å². The van der Waals surface area contributed by atoms with Gasteiger partial charge in [0.15, 0.2) is 17.1 Å². The predicted molar refractivity (Wildman–Crippen MR) is 87.8 cm³/mol. The molecule has 6 heteroatoms. The van der Waals surface area contributed by atoms with E-state index in [0.717, 1.165) is 0 Å². The zero-order valence-electron chi connectivity index (χ0n) is 13.2. The molecule has 122 valence electrons. The van der Waals surface area contributed by atoms with E-state index in [4.69, 9.17) is 9.15 Å². The number of ether oxygens (including phenoxy) is 1. The van der Waals surface area contributed by atoms with Crippen molar-refractivity contribution in [1.82, 2.24) is 4.57 Å². The average molecular weight is 325 g/mol. The van der Waals surface area contributed by atoms with Crippen molar-refractivity contribution >= 4 is 22.7 Å². The number of Topliss-reactive ketones (excluding diaryl/α,β-unsaturated/α-hetero) is 2. The van der Waals surface area contributed by atoms with Gasteiger partial charge in [-0.25, -0.2) is 4.79 Å². The SMILES string of the molecule is COc1cccc(C(=O)Cn2c(=O)oc3cc(C(C)=O)ccc32)c1. The van der Waals surface area contributed by atoms with E-state index in [9.17, 15) is 14.4 Å². The summed E-state index contributed by atoms with van der Waals surface area (Å²) in [7, 11) is 1.52. The zero-order chi connectivity index (χ0) is 17.3. The van der Waals surface area contributed by atoms with Crippen LogP contribution in [-0.4, -0.2) is 23.2 Å². The molecule has 3 rings (SSSR count). The van der Waals surface area contributed by atoms with Crippen molar-refractivity contribution in [3.63, 3.8) is 0 Å². The van der Waals surface area contributed by atoms with Crippen molar-refractivity contribution in [3.05, 3.63) is 64.1 Å². The number of hydrogen-bond donors (Lipinski definition) is 0. The Morgan fingerprint density at radius 2 is 1.92 bits per heavy atom. The summed E-state index contributed by atoms with van der Waals surface area (Å²) in [5, 5.41) is 0. The fraction of sp³-hybridized carbons (Fsp3) is 0.167. The van der Waals surface area contributed by atoms with Crippen LogP contribution >= 0.6 is 0 Å². The van der Waals surface area contributed by atoms with Crippen LogP contribution in [0.4, 0.5) is 0 Å². The maximum absolute atomic E-state index is 12.4. The van der Waals surface area contributed by atoms with Crippen molar-refractivity contribution < 1.29 is 18.7 Å². The molecule has 0 bridgehead atoms. The molecule has 0 radical (unpaired) electrons. The van der Waals surface area contributed by atoms with E-state index in [1.54, 1.807) is 36.4 Å². The quantitative estimate of drug-likeness (QED) is 0.674. The lowest BCUT2D eigenvalue weighted by atomic mass is 10.1.